The molecule has 0 aromatic heterocycles. The summed E-state index contributed by atoms with van der Waals surface area (Å²) in [6.07, 6.45) is 10.8. The van der Waals surface area contributed by atoms with E-state index in [0.29, 0.717) is 95.9 Å². The Hall–Kier alpha value is -9.16. The van der Waals surface area contributed by atoms with E-state index in [1.54, 1.807) is 146 Å². The van der Waals surface area contributed by atoms with Gasteiger partial charge in [0.05, 0.1) is 22.3 Å². The SMILES string of the molecule is CCCCC[C@@H]1c2cc(c(O)cc2O)[C@@H](CCCCC)c2cc(c(OC(=O)c3ccccc3)cc2OC(=O)c2ccccc2)[C@@H](CCCCC)c2cc(c(O)cc2O)[C@H](CCCCC)c2cc1c(OC(=O)c1ccccc1)cc2OC(=O)c1ccccc1. The minimum absolute atomic E-state index is 0.0592. The summed E-state index contributed by atoms with van der Waals surface area (Å²) in [5.74, 6) is -6.47. The predicted molar refractivity (Wildman–Crippen MR) is 342 cm³/mol. The molecule has 8 aromatic carbocycles. The van der Waals surface area contributed by atoms with E-state index in [1.165, 1.54) is 12.1 Å². The van der Waals surface area contributed by atoms with Crippen molar-refractivity contribution in [1.82, 2.24) is 0 Å². The van der Waals surface area contributed by atoms with Crippen LogP contribution < -0.4 is 18.9 Å². The van der Waals surface area contributed by atoms with E-state index in [9.17, 15) is 39.6 Å². The van der Waals surface area contributed by atoms with E-state index in [-0.39, 0.29) is 68.2 Å². The maximum absolute atomic E-state index is 14.6. The standard InChI is InChI=1S/C76H80O12/c1-5-9-17-37-53-57-41-58(66(78)45-65(57)77)54(38-18-10-6-2)63-44-64(72(88-76(84)52-35-27-16-28-36-52)48-71(63)87-75(83)51-33-25-15-26-34-51)56(40-20-12-8-4)60-42-59(67(79)46-68(60)80)55(39-19-11-7-3)62-43-61(53)69(85-73(81)49-29-21-13-22-30-49)47-70(62)86-74(82)50-31-23-14-24-32-50/h13-16,21-36,41-48,53-56,77-80H,5-12,17-20,37-40H2,1-4H3/t53-,54-,55+,56+. The molecule has 0 saturated heterocycles. The second-order valence-electron chi connectivity index (χ2n) is 23.0. The molecule has 0 amide bonds. The first-order chi connectivity index (χ1) is 42.8. The summed E-state index contributed by atoms with van der Waals surface area (Å²) in [7, 11) is 0. The van der Waals surface area contributed by atoms with Crippen LogP contribution >= 0.6 is 0 Å². The molecular formula is C76H80O12. The molecule has 12 nitrogen and oxygen atoms in total. The second kappa shape index (κ2) is 30.5. The van der Waals surface area contributed by atoms with Crippen molar-refractivity contribution in [3.8, 4) is 46.0 Å². The number of aromatic hydroxyl groups is 4. The molecule has 0 radical (unpaired) electrons. The van der Waals surface area contributed by atoms with Gasteiger partial charge in [0.2, 0.25) is 0 Å². The molecule has 4 N–H and O–H groups in total. The Morgan fingerprint density at radius 1 is 0.284 bits per heavy atom. The van der Waals surface area contributed by atoms with Crippen LogP contribution in [0, 0.1) is 0 Å². The van der Waals surface area contributed by atoms with E-state index in [0.717, 1.165) is 51.4 Å². The molecule has 0 heterocycles. The van der Waals surface area contributed by atoms with Crippen LogP contribution in [0.25, 0.3) is 0 Å². The van der Waals surface area contributed by atoms with Crippen molar-refractivity contribution in [3.05, 3.63) is 237 Å². The maximum atomic E-state index is 14.6. The lowest BCUT2D eigenvalue weighted by atomic mass is 9.76. The highest BCUT2D eigenvalue weighted by molar-refractivity contribution is 5.94. The normalized spacial score (nSPS) is 15.2. The summed E-state index contributed by atoms with van der Waals surface area (Å²) in [6, 6.07) is 47.4. The molecule has 12 heteroatoms. The minimum atomic E-state index is -0.764. The molecule has 88 heavy (non-hydrogen) atoms. The van der Waals surface area contributed by atoms with Crippen LogP contribution in [-0.4, -0.2) is 44.3 Å². The van der Waals surface area contributed by atoms with Crippen molar-refractivity contribution in [2.24, 2.45) is 0 Å². The Bertz CT molecular complexity index is 3210. The summed E-state index contributed by atoms with van der Waals surface area (Å²) in [6.45, 7) is 8.37. The number of fused-ring (bicyclic) bond motifs is 8. The fourth-order valence-electron chi connectivity index (χ4n) is 12.2. The molecule has 0 fully saturated rings. The van der Waals surface area contributed by atoms with Crippen molar-refractivity contribution in [2.75, 3.05) is 0 Å². The number of esters is 4. The number of ether oxygens (including phenoxy) is 4. The van der Waals surface area contributed by atoms with Crippen LogP contribution in [0.4, 0.5) is 0 Å². The highest BCUT2D eigenvalue weighted by Crippen LogP contribution is 2.54. The molecule has 4 atom stereocenters. The number of phenolic OH excluding ortho intramolecular Hbond substituents is 4. The smallest absolute Gasteiger partial charge is 0.343 e. The number of rotatable bonds is 24. The average molecular weight is 1190 g/mol. The second-order valence-corrected chi connectivity index (χ2v) is 23.0. The van der Waals surface area contributed by atoms with Gasteiger partial charge in [-0.15, -0.1) is 0 Å². The Balaban J connectivity index is 1.44. The lowest BCUT2D eigenvalue weighted by Gasteiger charge is -2.30. The van der Waals surface area contributed by atoms with Gasteiger partial charge in [-0.05, 0) is 98.5 Å². The fourth-order valence-corrected chi connectivity index (χ4v) is 12.2. The Morgan fingerprint density at radius 2 is 0.489 bits per heavy atom. The van der Waals surface area contributed by atoms with E-state index >= 15 is 0 Å². The van der Waals surface area contributed by atoms with E-state index in [2.05, 4.69) is 27.7 Å². The van der Waals surface area contributed by atoms with Crippen molar-refractivity contribution >= 4 is 23.9 Å². The van der Waals surface area contributed by atoms with E-state index < -0.39 is 47.5 Å². The van der Waals surface area contributed by atoms with Crippen LogP contribution in [0.15, 0.2) is 170 Å². The van der Waals surface area contributed by atoms with Crippen LogP contribution in [0.5, 0.6) is 46.0 Å². The molecule has 8 aromatic rings. The van der Waals surface area contributed by atoms with Gasteiger partial charge < -0.3 is 39.4 Å². The minimum Gasteiger partial charge on any atom is -0.508 e. The zero-order valence-electron chi connectivity index (χ0n) is 50.8. The third-order valence-electron chi connectivity index (χ3n) is 16.9. The molecule has 8 bridgehead atoms. The van der Waals surface area contributed by atoms with Crippen LogP contribution in [-0.2, 0) is 0 Å². The van der Waals surface area contributed by atoms with Gasteiger partial charge in [-0.2, -0.15) is 0 Å². The summed E-state index contributed by atoms with van der Waals surface area (Å²) >= 11 is 0. The lowest BCUT2D eigenvalue weighted by molar-refractivity contribution is 0.0711. The van der Waals surface area contributed by atoms with Gasteiger partial charge in [-0.3, -0.25) is 0 Å². The monoisotopic (exact) mass is 1180 g/mol. The first-order valence-corrected chi connectivity index (χ1v) is 31.4. The number of phenols is 4. The van der Waals surface area contributed by atoms with Crippen LogP contribution in [0.1, 0.15) is 240 Å². The molecule has 0 unspecified atom stereocenters. The van der Waals surface area contributed by atoms with Crippen molar-refractivity contribution in [1.29, 1.82) is 0 Å². The van der Waals surface area contributed by atoms with Gasteiger partial charge in [0.15, 0.2) is 0 Å². The number of carbonyl (C=O) groups is 4. The van der Waals surface area contributed by atoms with E-state index in [4.69, 9.17) is 18.9 Å². The molecular weight excluding hydrogens is 1100 g/mol. The Kier molecular flexibility index (Phi) is 21.9. The molecule has 0 saturated carbocycles. The van der Waals surface area contributed by atoms with Gasteiger partial charge in [-0.25, -0.2) is 19.2 Å². The largest absolute Gasteiger partial charge is 0.508 e. The van der Waals surface area contributed by atoms with Crippen molar-refractivity contribution < 1.29 is 58.6 Å². The first-order valence-electron chi connectivity index (χ1n) is 31.4. The highest BCUT2D eigenvalue weighted by atomic mass is 16.6. The summed E-state index contributed by atoms with van der Waals surface area (Å²) < 4.78 is 26.2. The average Bonchev–Trinajstić information content (AvgIpc) is 1.65. The van der Waals surface area contributed by atoms with Gasteiger partial charge in [0.25, 0.3) is 0 Å². The van der Waals surface area contributed by atoms with Crippen LogP contribution in [0.3, 0.4) is 0 Å². The zero-order chi connectivity index (χ0) is 62.1. The van der Waals surface area contributed by atoms with E-state index in [1.807, 2.05) is 12.1 Å². The topological polar surface area (TPSA) is 186 Å². The maximum Gasteiger partial charge on any atom is 0.343 e. The van der Waals surface area contributed by atoms with Gasteiger partial charge in [0, 0.05) is 92.4 Å². The molecule has 1 aliphatic rings. The summed E-state index contributed by atoms with van der Waals surface area (Å²) in [4.78, 5) is 58.2. The Morgan fingerprint density at radius 3 is 0.693 bits per heavy atom. The Labute approximate surface area is 516 Å². The van der Waals surface area contributed by atoms with Gasteiger partial charge >= 0.3 is 23.9 Å². The molecule has 1 aliphatic carbocycles. The van der Waals surface area contributed by atoms with Crippen molar-refractivity contribution in [2.45, 2.75) is 154 Å². The number of hydrogen-bond donors (Lipinski definition) is 4. The van der Waals surface area contributed by atoms with Gasteiger partial charge in [0.1, 0.15) is 46.0 Å². The molecule has 9 rings (SSSR count). The molecule has 0 aliphatic heterocycles. The number of unbranched alkanes of at least 4 members (excludes halogenated alkanes) is 8. The summed E-state index contributed by atoms with van der Waals surface area (Å²) in [5.41, 5.74) is 4.54. The lowest BCUT2D eigenvalue weighted by Crippen LogP contribution is -2.18. The zero-order valence-corrected chi connectivity index (χ0v) is 50.8. The molecule has 0 spiro atoms. The molecule has 456 valence electrons. The third kappa shape index (κ3) is 15.1. The highest BCUT2D eigenvalue weighted by Gasteiger charge is 2.36. The van der Waals surface area contributed by atoms with Crippen molar-refractivity contribution in [3.63, 3.8) is 0 Å². The predicted octanol–water partition coefficient (Wildman–Crippen LogP) is 18.5. The quantitative estimate of drug-likeness (QED) is 0.0255. The van der Waals surface area contributed by atoms with Gasteiger partial charge in [-0.1, -0.05) is 178 Å². The third-order valence-corrected chi connectivity index (χ3v) is 16.9. The summed E-state index contributed by atoms with van der Waals surface area (Å²) in [5, 5.41) is 50.3. The van der Waals surface area contributed by atoms with Crippen LogP contribution in [0.2, 0.25) is 0 Å². The fraction of sp³-hybridized carbons (Fsp3) is 0.316. The number of carbonyl (C=O) groups excluding carboxylic acids is 4. The number of benzene rings is 8. The first kappa shape index (κ1) is 63.3. The number of hydrogen-bond acceptors (Lipinski definition) is 12.